The summed E-state index contributed by atoms with van der Waals surface area (Å²) in [5.41, 5.74) is 0. The van der Waals surface area contributed by atoms with Gasteiger partial charge >= 0.3 is 5.97 Å². The Morgan fingerprint density at radius 3 is 2.15 bits per heavy atom. The number of hydrogen-bond acceptors (Lipinski definition) is 6. The molecule has 0 radical (unpaired) electrons. The maximum Gasteiger partial charge on any atom is 0.335 e. The number of aliphatic hydroxyl groups is 4. The summed E-state index contributed by atoms with van der Waals surface area (Å²) < 4.78 is 0. The van der Waals surface area contributed by atoms with Gasteiger partial charge in [0.1, 0.15) is 12.2 Å². The van der Waals surface area contributed by atoms with Gasteiger partial charge in [0.2, 0.25) is 0 Å². The molecule has 0 saturated heterocycles. The number of carbonyl (C=O) groups is 2. The first-order chi connectivity index (χ1) is 9.32. The fraction of sp³-hybridized carbons (Fsp3) is 0.667. The number of aliphatic hydroxyl groups excluding tert-OH is 4. The second kappa shape index (κ2) is 9.43. The lowest BCUT2D eigenvalue weighted by molar-refractivity contribution is -0.166. The van der Waals surface area contributed by atoms with Crippen LogP contribution in [0.15, 0.2) is 12.3 Å². The van der Waals surface area contributed by atoms with Crippen molar-refractivity contribution in [2.45, 2.75) is 50.6 Å². The summed E-state index contributed by atoms with van der Waals surface area (Å²) in [4.78, 5) is 21.8. The summed E-state index contributed by atoms with van der Waals surface area (Å²) in [7, 11) is 0. The Bertz CT molecular complexity index is 345. The Labute approximate surface area is 116 Å². The van der Waals surface area contributed by atoms with Gasteiger partial charge in [-0.15, -0.1) is 0 Å². The summed E-state index contributed by atoms with van der Waals surface area (Å²) in [6.07, 6.45) is -3.07. The summed E-state index contributed by atoms with van der Waals surface area (Å²) in [6.45, 7) is 2.00. The van der Waals surface area contributed by atoms with Crippen molar-refractivity contribution in [3.8, 4) is 0 Å². The van der Waals surface area contributed by atoms with Crippen molar-refractivity contribution in [2.24, 2.45) is 0 Å². The highest BCUT2D eigenvalue weighted by Gasteiger charge is 2.37. The lowest BCUT2D eigenvalue weighted by Crippen LogP contribution is -2.52. The molecule has 0 saturated carbocycles. The fourth-order valence-electron chi connectivity index (χ4n) is 1.31. The highest BCUT2D eigenvalue weighted by Crippen LogP contribution is 2.06. The number of hydrogen-bond donors (Lipinski definition) is 6. The minimum atomic E-state index is -2.30. The molecule has 1 amide bonds. The van der Waals surface area contributed by atoms with E-state index in [1.165, 1.54) is 6.20 Å². The van der Waals surface area contributed by atoms with E-state index in [2.05, 4.69) is 5.32 Å². The van der Waals surface area contributed by atoms with Gasteiger partial charge in [-0.2, -0.15) is 0 Å². The number of allylic oxidation sites excluding steroid dienone is 1. The van der Waals surface area contributed by atoms with E-state index >= 15 is 0 Å². The van der Waals surface area contributed by atoms with Gasteiger partial charge in [-0.05, 0) is 12.6 Å². The van der Waals surface area contributed by atoms with Crippen LogP contribution in [0.1, 0.15) is 26.2 Å². The average molecular weight is 291 g/mol. The van der Waals surface area contributed by atoms with Gasteiger partial charge in [0.15, 0.2) is 12.2 Å². The topological polar surface area (TPSA) is 147 Å². The van der Waals surface area contributed by atoms with Gasteiger partial charge in [0.25, 0.3) is 5.91 Å². The lowest BCUT2D eigenvalue weighted by atomic mass is 10.0. The number of amides is 1. The Kier molecular flexibility index (Phi) is 8.73. The zero-order valence-electron chi connectivity index (χ0n) is 11.1. The van der Waals surface area contributed by atoms with Crippen molar-refractivity contribution in [3.63, 3.8) is 0 Å². The van der Waals surface area contributed by atoms with Crippen LogP contribution in [0, 0.1) is 0 Å². The zero-order chi connectivity index (χ0) is 15.7. The van der Waals surface area contributed by atoms with E-state index in [1.54, 1.807) is 6.08 Å². The van der Waals surface area contributed by atoms with Crippen LogP contribution in [-0.2, 0) is 9.59 Å². The van der Waals surface area contributed by atoms with Crippen LogP contribution in [0.5, 0.6) is 0 Å². The Morgan fingerprint density at radius 2 is 1.65 bits per heavy atom. The van der Waals surface area contributed by atoms with E-state index in [4.69, 9.17) is 10.2 Å². The third kappa shape index (κ3) is 6.11. The Balaban J connectivity index is 4.35. The third-order valence-electron chi connectivity index (χ3n) is 2.59. The number of carboxylic acid groups (broad SMARTS) is 1. The van der Waals surface area contributed by atoms with Crippen molar-refractivity contribution < 1.29 is 35.1 Å². The number of aliphatic carboxylic acids is 1. The molecular weight excluding hydrogens is 270 g/mol. The van der Waals surface area contributed by atoms with Gasteiger partial charge in [-0.3, -0.25) is 4.79 Å². The molecule has 0 aromatic carbocycles. The van der Waals surface area contributed by atoms with Crippen LogP contribution < -0.4 is 5.32 Å². The molecule has 0 unspecified atom stereocenters. The fourth-order valence-corrected chi connectivity index (χ4v) is 1.31. The van der Waals surface area contributed by atoms with Gasteiger partial charge in [0.05, 0.1) is 0 Å². The molecule has 0 heterocycles. The zero-order valence-corrected chi connectivity index (χ0v) is 11.1. The van der Waals surface area contributed by atoms with E-state index in [1.807, 2.05) is 6.92 Å². The van der Waals surface area contributed by atoms with E-state index in [0.29, 0.717) is 0 Å². The quantitative estimate of drug-likeness (QED) is 0.278. The summed E-state index contributed by atoms with van der Waals surface area (Å²) >= 11 is 0. The molecule has 0 rings (SSSR count). The molecule has 116 valence electrons. The van der Waals surface area contributed by atoms with E-state index in [9.17, 15) is 24.9 Å². The molecule has 6 N–H and O–H groups in total. The van der Waals surface area contributed by atoms with Gasteiger partial charge < -0.3 is 30.8 Å². The minimum Gasteiger partial charge on any atom is -0.479 e. The van der Waals surface area contributed by atoms with E-state index < -0.39 is 36.3 Å². The molecular formula is C12H21NO7. The largest absolute Gasteiger partial charge is 0.479 e. The summed E-state index contributed by atoms with van der Waals surface area (Å²) in [6, 6.07) is 0. The van der Waals surface area contributed by atoms with Crippen LogP contribution in [0.2, 0.25) is 0 Å². The molecule has 20 heavy (non-hydrogen) atoms. The third-order valence-corrected chi connectivity index (χ3v) is 2.59. The van der Waals surface area contributed by atoms with Crippen LogP contribution in [0.3, 0.4) is 0 Å². The van der Waals surface area contributed by atoms with E-state index in [0.717, 1.165) is 19.3 Å². The van der Waals surface area contributed by atoms with Crippen LogP contribution in [0.25, 0.3) is 0 Å². The highest BCUT2D eigenvalue weighted by molar-refractivity contribution is 5.82. The van der Waals surface area contributed by atoms with Crippen molar-refractivity contribution in [1.82, 2.24) is 5.32 Å². The van der Waals surface area contributed by atoms with Crippen molar-refractivity contribution in [3.05, 3.63) is 12.3 Å². The SMILES string of the molecule is CCCC/C=C/NC(=O)[C@@H](O)[C@H](O)[C@@H](O)[C@@H](O)C(=O)O. The molecule has 4 atom stereocenters. The molecule has 0 spiro atoms. The standard InChI is InChI=1S/C12H21NO7/c1-2-3-4-5-6-13-11(18)9(16)7(14)8(15)10(17)12(19)20/h5-10,14-17H,2-4H2,1H3,(H,13,18)(H,19,20)/b6-5+/t7-,8-,9+,10-/m1/s1. The molecule has 0 aliphatic carbocycles. The molecule has 0 bridgehead atoms. The average Bonchev–Trinajstić information content (AvgIpc) is 2.43. The minimum absolute atomic E-state index is 0.732. The molecule has 8 nitrogen and oxygen atoms in total. The smallest absolute Gasteiger partial charge is 0.335 e. The van der Waals surface area contributed by atoms with Crippen LogP contribution in [0.4, 0.5) is 0 Å². The van der Waals surface area contributed by atoms with Gasteiger partial charge in [0, 0.05) is 0 Å². The molecule has 0 aliphatic rings. The molecule has 0 aliphatic heterocycles. The highest BCUT2D eigenvalue weighted by atomic mass is 16.4. The number of carboxylic acids is 1. The first-order valence-electron chi connectivity index (χ1n) is 6.23. The maximum absolute atomic E-state index is 11.4. The first-order valence-corrected chi connectivity index (χ1v) is 6.23. The maximum atomic E-state index is 11.4. The van der Waals surface area contributed by atoms with Crippen LogP contribution >= 0.6 is 0 Å². The molecule has 0 aromatic heterocycles. The van der Waals surface area contributed by atoms with E-state index in [-0.39, 0.29) is 0 Å². The van der Waals surface area contributed by atoms with Crippen molar-refractivity contribution >= 4 is 11.9 Å². The normalized spacial score (nSPS) is 17.4. The van der Waals surface area contributed by atoms with Gasteiger partial charge in [-0.25, -0.2) is 4.79 Å². The number of nitrogens with one attached hydrogen (secondary N) is 1. The molecule has 0 fully saturated rings. The predicted molar refractivity (Wildman–Crippen MR) is 68.5 cm³/mol. The molecule has 0 aromatic rings. The second-order valence-electron chi connectivity index (χ2n) is 4.26. The lowest BCUT2D eigenvalue weighted by Gasteiger charge is -2.23. The van der Waals surface area contributed by atoms with Crippen LogP contribution in [-0.4, -0.2) is 61.8 Å². The monoisotopic (exact) mass is 291 g/mol. The number of carbonyl (C=O) groups excluding carboxylic acids is 1. The second-order valence-corrected chi connectivity index (χ2v) is 4.26. The van der Waals surface area contributed by atoms with Gasteiger partial charge in [-0.1, -0.05) is 25.8 Å². The first kappa shape index (κ1) is 18.5. The molecule has 8 heteroatoms. The predicted octanol–water partition coefficient (Wildman–Crippen LogP) is -1.67. The Hall–Kier alpha value is -1.48. The Morgan fingerprint density at radius 1 is 1.10 bits per heavy atom. The summed E-state index contributed by atoms with van der Waals surface area (Å²) in [5, 5.41) is 47.7. The number of unbranched alkanes of at least 4 members (excludes halogenated alkanes) is 2. The van der Waals surface area contributed by atoms with Crippen molar-refractivity contribution in [1.29, 1.82) is 0 Å². The summed E-state index contributed by atoms with van der Waals surface area (Å²) in [5.74, 6) is -2.79. The van der Waals surface area contributed by atoms with Crippen molar-refractivity contribution in [2.75, 3.05) is 0 Å². The number of rotatable bonds is 9.